The number of benzene rings is 1. The molecule has 0 N–H and O–H groups in total. The van der Waals surface area contributed by atoms with Crippen molar-refractivity contribution in [2.24, 2.45) is 5.41 Å². The van der Waals surface area contributed by atoms with E-state index in [0.717, 1.165) is 41.9 Å². The van der Waals surface area contributed by atoms with E-state index in [4.69, 9.17) is 20.8 Å². The van der Waals surface area contributed by atoms with Gasteiger partial charge in [-0.2, -0.15) is 0 Å². The number of aromatic nitrogens is 2. The van der Waals surface area contributed by atoms with E-state index in [9.17, 15) is 0 Å². The predicted molar refractivity (Wildman–Crippen MR) is 85.2 cm³/mol. The molecule has 1 unspecified atom stereocenters. The van der Waals surface area contributed by atoms with Gasteiger partial charge in [0.2, 0.25) is 11.8 Å². The molecule has 1 saturated carbocycles. The molecule has 1 aromatic heterocycles. The Morgan fingerprint density at radius 2 is 1.95 bits per heavy atom. The molecule has 0 amide bonds. The highest BCUT2D eigenvalue weighted by Crippen LogP contribution is 2.64. The minimum absolute atomic E-state index is 0.380. The van der Waals surface area contributed by atoms with E-state index in [0.29, 0.717) is 23.0 Å². The topological polar surface area (TPSA) is 48.2 Å². The van der Waals surface area contributed by atoms with Crippen molar-refractivity contribution in [1.29, 1.82) is 0 Å². The normalized spacial score (nSPS) is 22.9. The lowest BCUT2D eigenvalue weighted by Crippen LogP contribution is -2.18. The van der Waals surface area contributed by atoms with Crippen LogP contribution in [-0.2, 0) is 10.5 Å². The quantitative estimate of drug-likeness (QED) is 0.779. The fourth-order valence-electron chi connectivity index (χ4n) is 3.17. The molecule has 116 valence electrons. The van der Waals surface area contributed by atoms with Gasteiger partial charge in [0.25, 0.3) is 0 Å². The van der Waals surface area contributed by atoms with Gasteiger partial charge in [-0.05, 0) is 48.9 Å². The molecule has 0 bridgehead atoms. The third-order valence-corrected chi connectivity index (χ3v) is 5.88. The van der Waals surface area contributed by atoms with E-state index in [-0.39, 0.29) is 0 Å². The van der Waals surface area contributed by atoms with Crippen LogP contribution in [0, 0.1) is 5.41 Å². The van der Waals surface area contributed by atoms with Crippen LogP contribution < -0.4 is 0 Å². The number of rotatable bonds is 4. The van der Waals surface area contributed by atoms with E-state index in [2.05, 4.69) is 10.2 Å². The van der Waals surface area contributed by atoms with Crippen LogP contribution in [0.5, 0.6) is 0 Å². The molecule has 4 rings (SSSR count). The van der Waals surface area contributed by atoms with Crippen molar-refractivity contribution in [2.45, 2.75) is 35.8 Å². The van der Waals surface area contributed by atoms with Gasteiger partial charge in [0.05, 0.1) is 5.75 Å². The van der Waals surface area contributed by atoms with Crippen molar-refractivity contribution in [2.75, 3.05) is 13.2 Å². The second kappa shape index (κ2) is 5.87. The molecule has 1 aliphatic heterocycles. The van der Waals surface area contributed by atoms with Gasteiger partial charge >= 0.3 is 0 Å². The van der Waals surface area contributed by atoms with Crippen molar-refractivity contribution in [3.8, 4) is 0 Å². The number of hydrogen-bond acceptors (Lipinski definition) is 5. The van der Waals surface area contributed by atoms with Crippen molar-refractivity contribution in [3.05, 3.63) is 41.1 Å². The first-order valence-corrected chi connectivity index (χ1v) is 8.90. The molecule has 2 aliphatic rings. The highest BCUT2D eigenvalue weighted by atomic mass is 35.5. The molecule has 22 heavy (non-hydrogen) atoms. The largest absolute Gasteiger partial charge is 0.424 e. The maximum Gasteiger partial charge on any atom is 0.226 e. The van der Waals surface area contributed by atoms with E-state index >= 15 is 0 Å². The van der Waals surface area contributed by atoms with Gasteiger partial charge < -0.3 is 9.15 Å². The first-order valence-electron chi connectivity index (χ1n) is 7.54. The van der Waals surface area contributed by atoms with Crippen LogP contribution in [0.3, 0.4) is 0 Å². The van der Waals surface area contributed by atoms with Crippen LogP contribution >= 0.6 is 23.4 Å². The van der Waals surface area contributed by atoms with Crippen LogP contribution in [0.2, 0.25) is 5.02 Å². The Balaban J connectivity index is 1.37. The minimum atomic E-state index is 0.380. The smallest absolute Gasteiger partial charge is 0.226 e. The molecule has 6 heteroatoms. The van der Waals surface area contributed by atoms with Crippen LogP contribution in [0.4, 0.5) is 0 Å². The second-order valence-electron chi connectivity index (χ2n) is 6.01. The Morgan fingerprint density at radius 3 is 2.73 bits per heavy atom. The van der Waals surface area contributed by atoms with Gasteiger partial charge in [-0.3, -0.25) is 0 Å². The molecular weight excluding hydrogens is 320 g/mol. The van der Waals surface area contributed by atoms with Crippen LogP contribution in [0.25, 0.3) is 0 Å². The molecule has 0 radical (unpaired) electrons. The van der Waals surface area contributed by atoms with Crippen LogP contribution in [0.1, 0.15) is 37.0 Å². The Bertz CT molecular complexity index is 652. The van der Waals surface area contributed by atoms with E-state index in [1.807, 2.05) is 24.3 Å². The Hall–Kier alpha value is -1.04. The second-order valence-corrected chi connectivity index (χ2v) is 7.49. The van der Waals surface area contributed by atoms with E-state index in [1.165, 1.54) is 6.42 Å². The summed E-state index contributed by atoms with van der Waals surface area (Å²) in [5.41, 5.74) is 0.380. The molecule has 1 saturated heterocycles. The van der Waals surface area contributed by atoms with Gasteiger partial charge in [-0.15, -0.1) is 22.0 Å². The number of nitrogens with zero attached hydrogens (tertiary/aromatic N) is 2. The standard InChI is InChI=1S/C16H17ClN2O2S/c17-11-1-3-12(4-2-11)22-10-14-18-19-15(21-14)13-9-16(13)5-7-20-8-6-16/h1-4,13H,5-10H2. The lowest BCUT2D eigenvalue weighted by atomic mass is 9.94. The lowest BCUT2D eigenvalue weighted by Gasteiger charge is -2.21. The Morgan fingerprint density at radius 1 is 1.18 bits per heavy atom. The van der Waals surface area contributed by atoms with Gasteiger partial charge in [0.1, 0.15) is 0 Å². The van der Waals surface area contributed by atoms with E-state index in [1.54, 1.807) is 11.8 Å². The third kappa shape index (κ3) is 2.90. The average Bonchev–Trinajstić information content (AvgIpc) is 3.03. The van der Waals surface area contributed by atoms with Gasteiger partial charge in [0, 0.05) is 29.0 Å². The van der Waals surface area contributed by atoms with Crippen molar-refractivity contribution in [3.63, 3.8) is 0 Å². The first-order chi connectivity index (χ1) is 10.8. The number of hydrogen-bond donors (Lipinski definition) is 0. The van der Waals surface area contributed by atoms with Crippen LogP contribution in [-0.4, -0.2) is 23.4 Å². The maximum absolute atomic E-state index is 5.89. The molecule has 4 nitrogen and oxygen atoms in total. The molecule has 1 atom stereocenters. The zero-order chi connectivity index (χ0) is 15.0. The Kier molecular flexibility index (Phi) is 3.88. The average molecular weight is 337 g/mol. The van der Waals surface area contributed by atoms with Gasteiger partial charge in [0.15, 0.2) is 0 Å². The number of ether oxygens (including phenoxy) is 1. The van der Waals surface area contributed by atoms with E-state index < -0.39 is 0 Å². The fourth-order valence-corrected chi connectivity index (χ4v) is 4.03. The molecule has 1 aromatic carbocycles. The minimum Gasteiger partial charge on any atom is -0.424 e. The predicted octanol–water partition coefficient (Wildman–Crippen LogP) is 4.30. The number of halogens is 1. The summed E-state index contributed by atoms with van der Waals surface area (Å²) in [5.74, 6) is 2.65. The SMILES string of the molecule is Clc1ccc(SCc2nnc(C3CC34CCOCC4)o2)cc1. The van der Waals surface area contributed by atoms with Crippen molar-refractivity contribution in [1.82, 2.24) is 10.2 Å². The summed E-state index contributed by atoms with van der Waals surface area (Å²) in [6, 6.07) is 7.79. The molecule has 2 aromatic rings. The lowest BCUT2D eigenvalue weighted by molar-refractivity contribution is 0.0546. The summed E-state index contributed by atoms with van der Waals surface area (Å²) in [5, 5.41) is 9.21. The molecule has 1 aliphatic carbocycles. The van der Waals surface area contributed by atoms with Crippen molar-refractivity contribution >= 4 is 23.4 Å². The zero-order valence-corrected chi connectivity index (χ0v) is 13.7. The van der Waals surface area contributed by atoms with Crippen molar-refractivity contribution < 1.29 is 9.15 Å². The maximum atomic E-state index is 5.89. The van der Waals surface area contributed by atoms with Gasteiger partial charge in [-0.25, -0.2) is 0 Å². The summed E-state index contributed by atoms with van der Waals surface area (Å²) < 4.78 is 11.3. The van der Waals surface area contributed by atoms with Gasteiger partial charge in [-0.1, -0.05) is 11.6 Å². The summed E-state index contributed by atoms with van der Waals surface area (Å²) in [4.78, 5) is 1.15. The highest BCUT2D eigenvalue weighted by Gasteiger charge is 2.57. The number of thioether (sulfide) groups is 1. The van der Waals surface area contributed by atoms with Crippen LogP contribution in [0.15, 0.2) is 33.6 Å². The zero-order valence-electron chi connectivity index (χ0n) is 12.1. The molecule has 2 fully saturated rings. The molecular formula is C16H17ClN2O2S. The molecule has 2 heterocycles. The first kappa shape index (κ1) is 14.5. The Labute approximate surface area is 138 Å². The summed E-state index contributed by atoms with van der Waals surface area (Å²) in [6.07, 6.45) is 3.41. The summed E-state index contributed by atoms with van der Waals surface area (Å²) >= 11 is 7.57. The highest BCUT2D eigenvalue weighted by molar-refractivity contribution is 7.98. The third-order valence-electron chi connectivity index (χ3n) is 4.63. The monoisotopic (exact) mass is 336 g/mol. The fraction of sp³-hybridized carbons (Fsp3) is 0.500. The summed E-state index contributed by atoms with van der Waals surface area (Å²) in [6.45, 7) is 1.73. The molecule has 1 spiro atoms. The summed E-state index contributed by atoms with van der Waals surface area (Å²) in [7, 11) is 0.